The molecular weight excluding hydrogens is 318 g/mol. The molecule has 2 amide bonds. The number of ether oxygens (including phenoxy) is 1. The molecule has 1 unspecified atom stereocenters. The number of nitrogens with one attached hydrogen (secondary N) is 2. The molecule has 1 aliphatic rings. The molecule has 1 fully saturated rings. The number of aryl methyl sites for hydroxylation is 2. The largest absolute Gasteiger partial charge is 0.374 e. The smallest absolute Gasteiger partial charge is 0.320 e. The predicted molar refractivity (Wildman–Crippen MR) is 96.4 cm³/mol. The summed E-state index contributed by atoms with van der Waals surface area (Å²) in [5.74, 6) is 0.672. The van der Waals surface area contributed by atoms with Crippen molar-refractivity contribution in [3.8, 4) is 0 Å². The van der Waals surface area contributed by atoms with Gasteiger partial charge in [0.1, 0.15) is 5.82 Å². The number of benzene rings is 1. The fraction of sp³-hybridized carbons (Fsp3) is 0.444. The molecule has 7 nitrogen and oxygen atoms in total. The third kappa shape index (κ3) is 5.04. The summed E-state index contributed by atoms with van der Waals surface area (Å²) in [7, 11) is 1.80. The molecule has 2 aromatic rings. The van der Waals surface area contributed by atoms with Crippen LogP contribution in [0, 0.1) is 6.92 Å². The normalized spacial score (nSPS) is 18.1. The SMILES string of the molecule is Cc1cc(NC(=O)NCC2CN(Cc3ccccc3)CCO2)n(C)n1. The molecule has 3 rings (SSSR count). The lowest BCUT2D eigenvalue weighted by atomic mass is 10.2. The number of rotatable bonds is 5. The molecule has 1 atom stereocenters. The summed E-state index contributed by atoms with van der Waals surface area (Å²) in [4.78, 5) is 14.4. The summed E-state index contributed by atoms with van der Waals surface area (Å²) in [5, 5.41) is 9.89. The first kappa shape index (κ1) is 17.4. The predicted octanol–water partition coefficient (Wildman–Crippen LogP) is 1.75. The van der Waals surface area contributed by atoms with Crippen LogP contribution < -0.4 is 10.6 Å². The second-order valence-electron chi connectivity index (χ2n) is 6.34. The number of carbonyl (C=O) groups excluding carboxylic acids is 1. The molecule has 134 valence electrons. The third-order valence-corrected chi connectivity index (χ3v) is 4.21. The maximum atomic E-state index is 12.1. The highest BCUT2D eigenvalue weighted by Gasteiger charge is 2.21. The highest BCUT2D eigenvalue weighted by Crippen LogP contribution is 2.11. The minimum absolute atomic E-state index is 0.00325. The van der Waals surface area contributed by atoms with Crippen molar-refractivity contribution in [1.29, 1.82) is 0 Å². The summed E-state index contributed by atoms with van der Waals surface area (Å²) in [6.07, 6.45) is -0.00325. The summed E-state index contributed by atoms with van der Waals surface area (Å²) >= 11 is 0. The molecule has 1 aromatic heterocycles. The molecule has 1 aromatic carbocycles. The van der Waals surface area contributed by atoms with Gasteiger partial charge < -0.3 is 10.1 Å². The quantitative estimate of drug-likeness (QED) is 0.868. The topological polar surface area (TPSA) is 71.4 Å². The first-order valence-electron chi connectivity index (χ1n) is 8.53. The van der Waals surface area contributed by atoms with E-state index in [1.807, 2.05) is 19.1 Å². The van der Waals surface area contributed by atoms with Gasteiger partial charge in [0.2, 0.25) is 0 Å². The monoisotopic (exact) mass is 343 g/mol. The van der Waals surface area contributed by atoms with Crippen molar-refractivity contribution in [2.75, 3.05) is 31.6 Å². The van der Waals surface area contributed by atoms with Gasteiger partial charge in [-0.3, -0.25) is 14.9 Å². The minimum atomic E-state index is -0.244. The Kier molecular flexibility index (Phi) is 5.67. The molecular formula is C18H25N5O2. The van der Waals surface area contributed by atoms with Crippen LogP contribution >= 0.6 is 0 Å². The van der Waals surface area contributed by atoms with E-state index in [1.54, 1.807) is 11.7 Å². The third-order valence-electron chi connectivity index (χ3n) is 4.21. The second-order valence-corrected chi connectivity index (χ2v) is 6.34. The molecule has 0 saturated carbocycles. The van der Waals surface area contributed by atoms with Gasteiger partial charge in [-0.25, -0.2) is 4.79 Å². The van der Waals surface area contributed by atoms with Crippen LogP contribution in [0.5, 0.6) is 0 Å². The maximum absolute atomic E-state index is 12.1. The van der Waals surface area contributed by atoms with Crippen LogP contribution in [-0.2, 0) is 18.3 Å². The van der Waals surface area contributed by atoms with Crippen LogP contribution in [-0.4, -0.2) is 53.1 Å². The first-order valence-corrected chi connectivity index (χ1v) is 8.53. The van der Waals surface area contributed by atoms with Crippen molar-refractivity contribution < 1.29 is 9.53 Å². The minimum Gasteiger partial charge on any atom is -0.374 e. The van der Waals surface area contributed by atoms with Crippen LogP contribution in [0.4, 0.5) is 10.6 Å². The fourth-order valence-electron chi connectivity index (χ4n) is 2.98. The molecule has 0 bridgehead atoms. The molecule has 0 spiro atoms. The Balaban J connectivity index is 1.44. The highest BCUT2D eigenvalue weighted by molar-refractivity contribution is 5.88. The first-order chi connectivity index (χ1) is 12.1. The van der Waals surface area contributed by atoms with Crippen LogP contribution in [0.3, 0.4) is 0 Å². The van der Waals surface area contributed by atoms with E-state index in [9.17, 15) is 4.79 Å². The number of carbonyl (C=O) groups is 1. The average molecular weight is 343 g/mol. The van der Waals surface area contributed by atoms with E-state index in [4.69, 9.17) is 4.74 Å². The number of nitrogens with zero attached hydrogens (tertiary/aromatic N) is 3. The average Bonchev–Trinajstić information content (AvgIpc) is 2.91. The number of hydrogen-bond acceptors (Lipinski definition) is 4. The van der Waals surface area contributed by atoms with Gasteiger partial charge in [0.25, 0.3) is 0 Å². The van der Waals surface area contributed by atoms with Crippen molar-refractivity contribution >= 4 is 11.8 Å². The van der Waals surface area contributed by atoms with Crippen molar-refractivity contribution in [1.82, 2.24) is 20.0 Å². The molecule has 7 heteroatoms. The summed E-state index contributed by atoms with van der Waals surface area (Å²) < 4.78 is 7.42. The Morgan fingerprint density at radius 3 is 2.88 bits per heavy atom. The van der Waals surface area contributed by atoms with Crippen LogP contribution in [0.25, 0.3) is 0 Å². The van der Waals surface area contributed by atoms with Gasteiger partial charge >= 0.3 is 6.03 Å². The Bertz CT molecular complexity index is 701. The molecule has 2 heterocycles. The van der Waals surface area contributed by atoms with E-state index in [0.717, 1.165) is 25.3 Å². The van der Waals surface area contributed by atoms with Gasteiger partial charge in [-0.15, -0.1) is 0 Å². The standard InChI is InChI=1S/C18H25N5O2/c1-14-10-17(22(2)21-14)20-18(24)19-11-16-13-23(8-9-25-16)12-15-6-4-3-5-7-15/h3-7,10,16H,8-9,11-13H2,1-2H3,(H2,19,20,24). The number of hydrogen-bond donors (Lipinski definition) is 2. The summed E-state index contributed by atoms with van der Waals surface area (Å²) in [5.41, 5.74) is 2.16. The highest BCUT2D eigenvalue weighted by atomic mass is 16.5. The van der Waals surface area contributed by atoms with Gasteiger partial charge in [-0.1, -0.05) is 30.3 Å². The fourth-order valence-corrected chi connectivity index (χ4v) is 2.98. The lowest BCUT2D eigenvalue weighted by Crippen LogP contribution is -2.47. The van der Waals surface area contributed by atoms with E-state index in [0.29, 0.717) is 19.0 Å². The Morgan fingerprint density at radius 2 is 2.16 bits per heavy atom. The summed E-state index contributed by atoms with van der Waals surface area (Å²) in [6, 6.07) is 12.0. The Morgan fingerprint density at radius 1 is 1.36 bits per heavy atom. The van der Waals surface area contributed by atoms with Crippen molar-refractivity contribution in [2.24, 2.45) is 7.05 Å². The zero-order valence-corrected chi connectivity index (χ0v) is 14.7. The number of urea groups is 1. The molecule has 2 N–H and O–H groups in total. The molecule has 1 saturated heterocycles. The second kappa shape index (κ2) is 8.13. The lowest BCUT2D eigenvalue weighted by molar-refractivity contribution is -0.0285. The van der Waals surface area contributed by atoms with Gasteiger partial charge in [0.05, 0.1) is 18.4 Å². The van der Waals surface area contributed by atoms with E-state index in [1.165, 1.54) is 5.56 Å². The van der Waals surface area contributed by atoms with Gasteiger partial charge in [0, 0.05) is 39.3 Å². The van der Waals surface area contributed by atoms with Crippen LogP contribution in [0.2, 0.25) is 0 Å². The van der Waals surface area contributed by atoms with Crippen molar-refractivity contribution in [3.63, 3.8) is 0 Å². The Labute approximate surface area is 148 Å². The Hall–Kier alpha value is -2.38. The zero-order chi connectivity index (χ0) is 17.6. The van der Waals surface area contributed by atoms with E-state index in [-0.39, 0.29) is 12.1 Å². The number of anilines is 1. The van der Waals surface area contributed by atoms with Crippen molar-refractivity contribution in [3.05, 3.63) is 47.7 Å². The maximum Gasteiger partial charge on any atom is 0.320 e. The molecule has 0 aliphatic carbocycles. The number of amides is 2. The summed E-state index contributed by atoms with van der Waals surface area (Å²) in [6.45, 7) is 5.67. The number of aromatic nitrogens is 2. The number of morpholine rings is 1. The zero-order valence-electron chi connectivity index (χ0n) is 14.7. The van der Waals surface area contributed by atoms with Gasteiger partial charge in [0.15, 0.2) is 0 Å². The lowest BCUT2D eigenvalue weighted by Gasteiger charge is -2.33. The molecule has 0 radical (unpaired) electrons. The van der Waals surface area contributed by atoms with Gasteiger partial charge in [-0.2, -0.15) is 5.10 Å². The van der Waals surface area contributed by atoms with Crippen molar-refractivity contribution in [2.45, 2.75) is 19.6 Å². The van der Waals surface area contributed by atoms with Gasteiger partial charge in [-0.05, 0) is 12.5 Å². The molecule has 1 aliphatic heterocycles. The van der Waals surface area contributed by atoms with E-state index >= 15 is 0 Å². The van der Waals surface area contributed by atoms with Crippen LogP contribution in [0.15, 0.2) is 36.4 Å². The molecule has 25 heavy (non-hydrogen) atoms. The van der Waals surface area contributed by atoms with E-state index < -0.39 is 0 Å². The van der Waals surface area contributed by atoms with E-state index in [2.05, 4.69) is 44.9 Å². The van der Waals surface area contributed by atoms with Crippen LogP contribution in [0.1, 0.15) is 11.3 Å².